The third-order valence-corrected chi connectivity index (χ3v) is 3.70. The highest BCUT2D eigenvalue weighted by Gasteiger charge is 2.20. The molecule has 0 bridgehead atoms. The summed E-state index contributed by atoms with van der Waals surface area (Å²) < 4.78 is 5.33. The number of nitrogens with zero attached hydrogens (tertiary/aromatic N) is 1. The van der Waals surface area contributed by atoms with E-state index >= 15 is 0 Å². The molecule has 0 aromatic carbocycles. The zero-order valence-electron chi connectivity index (χ0n) is 10.6. The first kappa shape index (κ1) is 14.2. The van der Waals surface area contributed by atoms with Crippen molar-refractivity contribution in [1.29, 1.82) is 0 Å². The van der Waals surface area contributed by atoms with Crippen LogP contribution < -0.4 is 5.32 Å². The van der Waals surface area contributed by atoms with Gasteiger partial charge >= 0.3 is 0 Å². The Hall–Kier alpha value is 0.170. The zero-order chi connectivity index (χ0) is 11.9. The molecule has 1 aliphatic heterocycles. The van der Waals surface area contributed by atoms with Crippen LogP contribution in [0, 0.1) is 0 Å². The van der Waals surface area contributed by atoms with Crippen LogP contribution in [-0.4, -0.2) is 55.7 Å². The minimum absolute atomic E-state index is 0.202. The van der Waals surface area contributed by atoms with Crippen LogP contribution in [0.2, 0.25) is 0 Å². The Labute approximate surface area is 104 Å². The minimum Gasteiger partial charge on any atom is -0.379 e. The first-order valence-corrected chi connectivity index (χ1v) is 6.85. The van der Waals surface area contributed by atoms with E-state index in [9.17, 15) is 0 Å². The second-order valence-corrected chi connectivity index (χ2v) is 5.11. The number of hydrogen-bond donors (Lipinski definition) is 1. The fourth-order valence-corrected chi connectivity index (χ4v) is 2.36. The van der Waals surface area contributed by atoms with Gasteiger partial charge < -0.3 is 10.1 Å². The summed E-state index contributed by atoms with van der Waals surface area (Å²) in [5.74, 6) is 0.731. The van der Waals surface area contributed by atoms with Gasteiger partial charge in [-0.05, 0) is 19.8 Å². The van der Waals surface area contributed by atoms with E-state index < -0.39 is 0 Å². The van der Waals surface area contributed by atoms with Crippen LogP contribution in [0.4, 0.5) is 0 Å². The van der Waals surface area contributed by atoms with Gasteiger partial charge in [0.1, 0.15) is 0 Å². The first-order chi connectivity index (χ1) is 7.70. The predicted molar refractivity (Wildman–Crippen MR) is 69.3 cm³/mol. The van der Waals surface area contributed by atoms with Gasteiger partial charge in [-0.1, -0.05) is 6.92 Å². The number of morpholine rings is 1. The van der Waals surface area contributed by atoms with Crippen LogP contribution in [0.1, 0.15) is 26.7 Å². The number of hydrogen-bond acceptors (Lipinski definition) is 3. The highest BCUT2D eigenvalue weighted by molar-refractivity contribution is 6.17. The van der Waals surface area contributed by atoms with Crippen molar-refractivity contribution >= 4 is 11.6 Å². The van der Waals surface area contributed by atoms with Crippen molar-refractivity contribution in [3.63, 3.8) is 0 Å². The monoisotopic (exact) mass is 248 g/mol. The summed E-state index contributed by atoms with van der Waals surface area (Å²) >= 11 is 5.83. The molecule has 1 atom stereocenters. The lowest BCUT2D eigenvalue weighted by atomic mass is 9.95. The van der Waals surface area contributed by atoms with E-state index in [1.54, 1.807) is 0 Å². The van der Waals surface area contributed by atoms with E-state index in [1.807, 2.05) is 0 Å². The molecule has 0 radical (unpaired) electrons. The molecule has 0 spiro atoms. The molecule has 4 heteroatoms. The molecule has 96 valence electrons. The SMILES string of the molecule is CCC(C)(CCCl)NCCN1CCOCC1. The molecule has 16 heavy (non-hydrogen) atoms. The molecule has 1 aliphatic rings. The predicted octanol–water partition coefficient (Wildman–Crippen LogP) is 1.71. The van der Waals surface area contributed by atoms with E-state index in [2.05, 4.69) is 24.1 Å². The number of ether oxygens (including phenoxy) is 1. The molecule has 1 N–H and O–H groups in total. The van der Waals surface area contributed by atoms with Crippen molar-refractivity contribution in [3.8, 4) is 0 Å². The molecule has 1 saturated heterocycles. The van der Waals surface area contributed by atoms with Crippen LogP contribution in [-0.2, 0) is 4.74 Å². The Bertz CT molecular complexity index is 186. The van der Waals surface area contributed by atoms with E-state index in [0.29, 0.717) is 0 Å². The molecule has 1 fully saturated rings. The average molecular weight is 249 g/mol. The van der Waals surface area contributed by atoms with Gasteiger partial charge in [-0.2, -0.15) is 0 Å². The van der Waals surface area contributed by atoms with Gasteiger partial charge in [0, 0.05) is 37.6 Å². The summed E-state index contributed by atoms with van der Waals surface area (Å²) in [5.41, 5.74) is 0.202. The fourth-order valence-electron chi connectivity index (χ4n) is 1.94. The van der Waals surface area contributed by atoms with Crippen molar-refractivity contribution in [2.75, 3.05) is 45.3 Å². The Morgan fingerprint density at radius 3 is 2.62 bits per heavy atom. The Balaban J connectivity index is 2.16. The lowest BCUT2D eigenvalue weighted by molar-refractivity contribution is 0.0374. The summed E-state index contributed by atoms with van der Waals surface area (Å²) in [7, 11) is 0. The summed E-state index contributed by atoms with van der Waals surface area (Å²) in [6, 6.07) is 0. The van der Waals surface area contributed by atoms with Crippen LogP contribution in [0.15, 0.2) is 0 Å². The molecule has 1 heterocycles. The van der Waals surface area contributed by atoms with Gasteiger partial charge in [0.25, 0.3) is 0 Å². The molecule has 0 aromatic rings. The molecule has 1 unspecified atom stereocenters. The maximum atomic E-state index is 5.83. The number of nitrogens with one attached hydrogen (secondary N) is 1. The number of rotatable bonds is 7. The first-order valence-electron chi connectivity index (χ1n) is 6.31. The van der Waals surface area contributed by atoms with E-state index in [-0.39, 0.29) is 5.54 Å². The third kappa shape index (κ3) is 5.00. The van der Waals surface area contributed by atoms with E-state index in [1.165, 1.54) is 0 Å². The standard InChI is InChI=1S/C12H25ClN2O/c1-3-12(2,4-5-13)14-6-7-15-8-10-16-11-9-15/h14H,3-11H2,1-2H3. The maximum Gasteiger partial charge on any atom is 0.0594 e. The molecule has 0 saturated carbocycles. The lowest BCUT2D eigenvalue weighted by Gasteiger charge is -2.32. The number of alkyl halides is 1. The maximum absolute atomic E-state index is 5.83. The van der Waals surface area contributed by atoms with Gasteiger partial charge in [0.15, 0.2) is 0 Å². The summed E-state index contributed by atoms with van der Waals surface area (Å²) in [5, 5.41) is 3.63. The lowest BCUT2D eigenvalue weighted by Crippen LogP contribution is -2.47. The van der Waals surface area contributed by atoms with Crippen LogP contribution >= 0.6 is 11.6 Å². The summed E-state index contributed by atoms with van der Waals surface area (Å²) in [6.07, 6.45) is 2.16. The third-order valence-electron chi connectivity index (χ3n) is 3.51. The second-order valence-electron chi connectivity index (χ2n) is 4.73. The Kier molecular flexibility index (Phi) is 6.66. The molecular formula is C12H25ClN2O. The van der Waals surface area contributed by atoms with E-state index in [0.717, 1.165) is 58.1 Å². The molecule has 0 amide bonds. The summed E-state index contributed by atoms with van der Waals surface area (Å²) in [6.45, 7) is 10.5. The topological polar surface area (TPSA) is 24.5 Å². The highest BCUT2D eigenvalue weighted by atomic mass is 35.5. The average Bonchev–Trinajstić information content (AvgIpc) is 2.31. The van der Waals surface area contributed by atoms with Crippen LogP contribution in [0.25, 0.3) is 0 Å². The fraction of sp³-hybridized carbons (Fsp3) is 1.00. The van der Waals surface area contributed by atoms with Crippen LogP contribution in [0.5, 0.6) is 0 Å². The highest BCUT2D eigenvalue weighted by Crippen LogP contribution is 2.14. The summed E-state index contributed by atoms with van der Waals surface area (Å²) in [4.78, 5) is 2.45. The Morgan fingerprint density at radius 2 is 2.06 bits per heavy atom. The second kappa shape index (κ2) is 7.49. The van der Waals surface area contributed by atoms with Crippen molar-refractivity contribution in [3.05, 3.63) is 0 Å². The normalized spacial score (nSPS) is 21.9. The molecule has 0 aromatic heterocycles. The smallest absolute Gasteiger partial charge is 0.0594 e. The van der Waals surface area contributed by atoms with Crippen molar-refractivity contribution in [2.24, 2.45) is 0 Å². The van der Waals surface area contributed by atoms with Crippen LogP contribution in [0.3, 0.4) is 0 Å². The largest absolute Gasteiger partial charge is 0.379 e. The van der Waals surface area contributed by atoms with Gasteiger partial charge in [0.2, 0.25) is 0 Å². The van der Waals surface area contributed by atoms with Crippen molar-refractivity contribution in [2.45, 2.75) is 32.2 Å². The molecular weight excluding hydrogens is 224 g/mol. The molecule has 1 rings (SSSR count). The molecule has 0 aliphatic carbocycles. The quantitative estimate of drug-likeness (QED) is 0.695. The zero-order valence-corrected chi connectivity index (χ0v) is 11.4. The number of halogens is 1. The van der Waals surface area contributed by atoms with E-state index in [4.69, 9.17) is 16.3 Å². The minimum atomic E-state index is 0.202. The molecule has 3 nitrogen and oxygen atoms in total. The van der Waals surface area contributed by atoms with Crippen molar-refractivity contribution in [1.82, 2.24) is 10.2 Å². The van der Waals surface area contributed by atoms with Gasteiger partial charge in [-0.25, -0.2) is 0 Å². The van der Waals surface area contributed by atoms with Gasteiger partial charge in [-0.15, -0.1) is 11.6 Å². The van der Waals surface area contributed by atoms with Crippen molar-refractivity contribution < 1.29 is 4.74 Å². The van der Waals surface area contributed by atoms with Gasteiger partial charge in [-0.3, -0.25) is 4.90 Å². The Morgan fingerprint density at radius 1 is 1.38 bits per heavy atom. The van der Waals surface area contributed by atoms with Gasteiger partial charge in [0.05, 0.1) is 13.2 Å².